The largest absolute Gasteiger partial charge is 0.457 e. The molecule has 0 fully saturated rings. The summed E-state index contributed by atoms with van der Waals surface area (Å²) in [6.07, 6.45) is 2.32. The lowest BCUT2D eigenvalue weighted by atomic mass is 9.99. The van der Waals surface area contributed by atoms with E-state index in [-0.39, 0.29) is 11.5 Å². The van der Waals surface area contributed by atoms with Crippen molar-refractivity contribution in [3.63, 3.8) is 0 Å². The van der Waals surface area contributed by atoms with Gasteiger partial charge in [-0.2, -0.15) is 5.26 Å². The summed E-state index contributed by atoms with van der Waals surface area (Å²) in [4.78, 5) is 14.6. The van der Waals surface area contributed by atoms with Gasteiger partial charge in [0.25, 0.3) is 5.91 Å². The summed E-state index contributed by atoms with van der Waals surface area (Å²) < 4.78 is 6.81. The molecule has 4 rings (SSSR count). The van der Waals surface area contributed by atoms with Gasteiger partial charge >= 0.3 is 0 Å². The summed E-state index contributed by atoms with van der Waals surface area (Å²) in [5.74, 6) is 0.911. The van der Waals surface area contributed by atoms with Crippen LogP contribution in [-0.4, -0.2) is 17.4 Å². The van der Waals surface area contributed by atoms with Crippen molar-refractivity contribution in [1.29, 1.82) is 5.26 Å². The molecule has 1 aliphatic heterocycles. The summed E-state index contributed by atoms with van der Waals surface area (Å²) >= 11 is 3.41. The van der Waals surface area contributed by atoms with Gasteiger partial charge < -0.3 is 9.32 Å². The molecule has 1 aromatic heterocycles. The fourth-order valence-corrected chi connectivity index (χ4v) is 3.59. The molecule has 0 atom stereocenters. The highest BCUT2D eigenvalue weighted by Gasteiger charge is 2.23. The van der Waals surface area contributed by atoms with Crippen LogP contribution < -0.4 is 0 Å². The number of hydrogen-bond acceptors (Lipinski definition) is 3. The van der Waals surface area contributed by atoms with E-state index in [2.05, 4.69) is 22.0 Å². The first kappa shape index (κ1) is 18.3. The van der Waals surface area contributed by atoms with Crippen molar-refractivity contribution in [3.8, 4) is 17.4 Å². The van der Waals surface area contributed by atoms with Gasteiger partial charge in [0.1, 0.15) is 23.2 Å². The molecule has 1 amide bonds. The Hall–Kier alpha value is -3.10. The van der Waals surface area contributed by atoms with E-state index in [1.54, 1.807) is 11.0 Å². The minimum Gasteiger partial charge on any atom is -0.457 e. The van der Waals surface area contributed by atoms with E-state index < -0.39 is 0 Å². The maximum absolute atomic E-state index is 12.8. The molecule has 0 aliphatic carbocycles. The molecule has 4 nitrogen and oxygen atoms in total. The zero-order chi connectivity index (χ0) is 19.5. The van der Waals surface area contributed by atoms with Crippen LogP contribution in [0.4, 0.5) is 0 Å². The average Bonchev–Trinajstić information content (AvgIpc) is 3.20. The normalized spacial score (nSPS) is 13.7. The molecule has 0 bridgehead atoms. The van der Waals surface area contributed by atoms with Gasteiger partial charge in [0, 0.05) is 29.2 Å². The maximum Gasteiger partial charge on any atom is 0.264 e. The second-order valence-electron chi connectivity index (χ2n) is 6.62. The van der Waals surface area contributed by atoms with E-state index in [0.717, 1.165) is 22.0 Å². The second-order valence-corrected chi connectivity index (χ2v) is 7.54. The fraction of sp³-hybridized carbons (Fsp3) is 0.130. The van der Waals surface area contributed by atoms with E-state index in [1.165, 1.54) is 11.6 Å². The quantitative estimate of drug-likeness (QED) is 0.422. The highest BCUT2D eigenvalue weighted by atomic mass is 79.9. The number of furan rings is 1. The molecule has 28 heavy (non-hydrogen) atoms. The molecule has 0 saturated carbocycles. The number of carbonyl (C=O) groups is 1. The van der Waals surface area contributed by atoms with Crippen molar-refractivity contribution in [2.75, 3.05) is 6.54 Å². The Labute approximate surface area is 171 Å². The predicted molar refractivity (Wildman–Crippen MR) is 111 cm³/mol. The molecule has 2 heterocycles. The Morgan fingerprint density at radius 3 is 2.57 bits per heavy atom. The lowest BCUT2D eigenvalue weighted by Gasteiger charge is -2.28. The summed E-state index contributed by atoms with van der Waals surface area (Å²) in [5.41, 5.74) is 3.41. The molecule has 138 valence electrons. The van der Waals surface area contributed by atoms with Crippen LogP contribution in [0.25, 0.3) is 17.4 Å². The first-order valence-electron chi connectivity index (χ1n) is 8.97. The number of fused-ring (bicyclic) bond motifs is 1. The van der Waals surface area contributed by atoms with Crippen molar-refractivity contribution in [3.05, 3.63) is 87.6 Å². The third kappa shape index (κ3) is 3.78. The van der Waals surface area contributed by atoms with Crippen LogP contribution in [-0.2, 0) is 17.8 Å². The molecule has 3 aromatic rings. The van der Waals surface area contributed by atoms with Gasteiger partial charge in [-0.05, 0) is 41.8 Å². The third-order valence-corrected chi connectivity index (χ3v) is 5.34. The topological polar surface area (TPSA) is 57.2 Å². The molecule has 0 saturated heterocycles. The summed E-state index contributed by atoms with van der Waals surface area (Å²) in [5, 5.41) is 9.53. The van der Waals surface area contributed by atoms with Gasteiger partial charge in [-0.15, -0.1) is 0 Å². The fourth-order valence-electron chi connectivity index (χ4n) is 3.32. The van der Waals surface area contributed by atoms with Crippen LogP contribution in [0.3, 0.4) is 0 Å². The third-order valence-electron chi connectivity index (χ3n) is 4.81. The molecular weight excluding hydrogens is 416 g/mol. The maximum atomic E-state index is 12.8. The van der Waals surface area contributed by atoms with Crippen molar-refractivity contribution in [1.82, 2.24) is 4.90 Å². The van der Waals surface area contributed by atoms with E-state index in [9.17, 15) is 10.1 Å². The summed E-state index contributed by atoms with van der Waals surface area (Å²) in [6, 6.07) is 21.5. The SMILES string of the molecule is N#CC(=Cc1ccc(-c2ccc(Br)cc2)o1)C(=O)N1CCc2ccccc2C1. The number of nitrogens with zero attached hydrogens (tertiary/aromatic N) is 2. The summed E-state index contributed by atoms with van der Waals surface area (Å²) in [7, 11) is 0. The summed E-state index contributed by atoms with van der Waals surface area (Å²) in [6.45, 7) is 1.13. The first-order valence-corrected chi connectivity index (χ1v) is 9.77. The van der Waals surface area contributed by atoms with Crippen LogP contribution in [0, 0.1) is 11.3 Å². The molecule has 0 unspecified atom stereocenters. The average molecular weight is 433 g/mol. The second kappa shape index (κ2) is 7.87. The van der Waals surface area contributed by atoms with Gasteiger partial charge in [-0.3, -0.25) is 4.79 Å². The lowest BCUT2D eigenvalue weighted by Crippen LogP contribution is -2.36. The molecule has 0 spiro atoms. The molecule has 1 aliphatic rings. The molecule has 0 N–H and O–H groups in total. The van der Waals surface area contributed by atoms with Gasteiger partial charge in [0.2, 0.25) is 0 Å². The Balaban J connectivity index is 1.54. The van der Waals surface area contributed by atoms with Crippen LogP contribution in [0.15, 0.2) is 75.1 Å². The van der Waals surface area contributed by atoms with Gasteiger partial charge in [0.15, 0.2) is 0 Å². The molecular formula is C23H17BrN2O2. The van der Waals surface area contributed by atoms with Crippen LogP contribution in [0.5, 0.6) is 0 Å². The van der Waals surface area contributed by atoms with Crippen molar-refractivity contribution in [2.45, 2.75) is 13.0 Å². The van der Waals surface area contributed by atoms with E-state index >= 15 is 0 Å². The zero-order valence-corrected chi connectivity index (χ0v) is 16.6. The van der Waals surface area contributed by atoms with E-state index in [1.807, 2.05) is 54.6 Å². The van der Waals surface area contributed by atoms with Crippen LogP contribution in [0.2, 0.25) is 0 Å². The lowest BCUT2D eigenvalue weighted by molar-refractivity contribution is -0.127. The van der Waals surface area contributed by atoms with Crippen molar-refractivity contribution in [2.24, 2.45) is 0 Å². The minimum atomic E-state index is -0.265. The van der Waals surface area contributed by atoms with Crippen molar-refractivity contribution >= 4 is 27.9 Å². The molecule has 5 heteroatoms. The van der Waals surface area contributed by atoms with Crippen LogP contribution >= 0.6 is 15.9 Å². The predicted octanol–water partition coefficient (Wildman–Crippen LogP) is 5.20. The minimum absolute atomic E-state index is 0.0797. The first-order chi connectivity index (χ1) is 13.6. The number of halogens is 1. The van der Waals surface area contributed by atoms with Crippen molar-refractivity contribution < 1.29 is 9.21 Å². The highest BCUT2D eigenvalue weighted by molar-refractivity contribution is 9.10. The molecule has 2 aromatic carbocycles. The number of amides is 1. The Kier molecular flexibility index (Phi) is 5.14. The highest BCUT2D eigenvalue weighted by Crippen LogP contribution is 2.26. The van der Waals surface area contributed by atoms with E-state index in [4.69, 9.17) is 4.42 Å². The van der Waals surface area contributed by atoms with Gasteiger partial charge in [0.05, 0.1) is 0 Å². The Morgan fingerprint density at radius 2 is 1.82 bits per heavy atom. The number of carbonyl (C=O) groups excluding carboxylic acids is 1. The molecule has 0 radical (unpaired) electrons. The number of benzene rings is 2. The monoisotopic (exact) mass is 432 g/mol. The smallest absolute Gasteiger partial charge is 0.264 e. The zero-order valence-electron chi connectivity index (χ0n) is 15.1. The van der Waals surface area contributed by atoms with E-state index in [0.29, 0.717) is 24.6 Å². The number of hydrogen-bond donors (Lipinski definition) is 0. The Bertz CT molecular complexity index is 1090. The van der Waals surface area contributed by atoms with Gasteiger partial charge in [-0.1, -0.05) is 52.3 Å². The Morgan fingerprint density at radius 1 is 1.07 bits per heavy atom. The number of nitriles is 1. The van der Waals surface area contributed by atoms with Crippen LogP contribution in [0.1, 0.15) is 16.9 Å². The number of rotatable bonds is 3. The van der Waals surface area contributed by atoms with Gasteiger partial charge in [-0.25, -0.2) is 0 Å². The standard InChI is InChI=1S/C23H17BrN2O2/c24-20-7-5-17(6-8-20)22-10-9-21(28-22)13-19(14-25)23(27)26-12-11-16-3-1-2-4-18(16)15-26/h1-10,13H,11-12,15H2.